The van der Waals surface area contributed by atoms with Gasteiger partial charge in [0, 0.05) is 19.0 Å². The van der Waals surface area contributed by atoms with E-state index in [1.807, 2.05) is 11.8 Å². The number of amides is 1. The highest BCUT2D eigenvalue weighted by Crippen LogP contribution is 2.22. The molecule has 1 saturated heterocycles. The Morgan fingerprint density at radius 3 is 2.53 bits per heavy atom. The molecule has 1 aliphatic rings. The Labute approximate surface area is 109 Å². The molecule has 1 rings (SSSR count). The van der Waals surface area contributed by atoms with Crippen LogP contribution in [-0.4, -0.2) is 30.0 Å². The average molecular weight is 258 g/mol. The smallest absolute Gasteiger partial charge is 0.221 e. The Bertz CT molecular complexity index is 244. The van der Waals surface area contributed by atoms with Crippen molar-refractivity contribution in [1.82, 2.24) is 5.32 Å². The molecule has 0 spiro atoms. The van der Waals surface area contributed by atoms with Crippen LogP contribution in [-0.2, 0) is 4.79 Å². The van der Waals surface area contributed by atoms with Crippen molar-refractivity contribution in [1.29, 1.82) is 0 Å². The van der Waals surface area contributed by atoms with Crippen LogP contribution in [0.2, 0.25) is 0 Å². The van der Waals surface area contributed by atoms with Crippen molar-refractivity contribution < 1.29 is 4.79 Å². The van der Waals surface area contributed by atoms with Crippen molar-refractivity contribution in [3.63, 3.8) is 0 Å². The van der Waals surface area contributed by atoms with Gasteiger partial charge in [0.1, 0.15) is 0 Å². The first kappa shape index (κ1) is 14.8. The van der Waals surface area contributed by atoms with Crippen molar-refractivity contribution in [3.05, 3.63) is 0 Å². The molecule has 0 aliphatic carbocycles. The van der Waals surface area contributed by atoms with Crippen LogP contribution in [0.4, 0.5) is 0 Å². The summed E-state index contributed by atoms with van der Waals surface area (Å²) in [7, 11) is 0. The Morgan fingerprint density at radius 2 is 2.00 bits per heavy atom. The summed E-state index contributed by atoms with van der Waals surface area (Å²) in [6.07, 6.45) is 2.90. The van der Waals surface area contributed by atoms with Crippen LogP contribution in [0.3, 0.4) is 0 Å². The monoisotopic (exact) mass is 258 g/mol. The predicted molar refractivity (Wildman–Crippen MR) is 75.1 cm³/mol. The standard InChI is InChI=1S/C13H26N2OS/c1-13(2,3)11(14)8-12(16)15-9-10-4-6-17-7-5-10/h10-11H,4-9,14H2,1-3H3,(H,15,16). The molecule has 1 heterocycles. The van der Waals surface area contributed by atoms with E-state index in [4.69, 9.17) is 5.73 Å². The number of hydrogen-bond donors (Lipinski definition) is 2. The molecule has 0 radical (unpaired) electrons. The molecule has 1 fully saturated rings. The molecular weight excluding hydrogens is 232 g/mol. The highest BCUT2D eigenvalue weighted by atomic mass is 32.2. The van der Waals surface area contributed by atoms with Gasteiger partial charge in [-0.1, -0.05) is 20.8 Å². The van der Waals surface area contributed by atoms with Crippen molar-refractivity contribution in [3.8, 4) is 0 Å². The van der Waals surface area contributed by atoms with Crippen molar-refractivity contribution in [2.24, 2.45) is 17.1 Å². The summed E-state index contributed by atoms with van der Waals surface area (Å²) >= 11 is 2.01. The highest BCUT2D eigenvalue weighted by molar-refractivity contribution is 7.99. The maximum atomic E-state index is 11.7. The molecule has 0 aromatic carbocycles. The molecule has 0 bridgehead atoms. The number of carbonyl (C=O) groups excluding carboxylic acids is 1. The van der Waals surface area contributed by atoms with Crippen LogP contribution < -0.4 is 11.1 Å². The third-order valence-electron chi connectivity index (χ3n) is 3.45. The molecule has 3 nitrogen and oxygen atoms in total. The molecule has 4 heteroatoms. The van der Waals surface area contributed by atoms with E-state index >= 15 is 0 Å². The topological polar surface area (TPSA) is 55.1 Å². The lowest BCUT2D eigenvalue weighted by Crippen LogP contribution is -2.41. The summed E-state index contributed by atoms with van der Waals surface area (Å²) in [5, 5.41) is 3.03. The first-order chi connectivity index (χ1) is 7.89. The Morgan fingerprint density at radius 1 is 1.41 bits per heavy atom. The van der Waals surface area contributed by atoms with Crippen molar-refractivity contribution in [2.75, 3.05) is 18.1 Å². The molecule has 3 N–H and O–H groups in total. The number of nitrogens with two attached hydrogens (primary N) is 1. The number of rotatable bonds is 4. The van der Waals surface area contributed by atoms with Crippen LogP contribution in [0.5, 0.6) is 0 Å². The number of nitrogens with one attached hydrogen (secondary N) is 1. The predicted octanol–water partition coefficient (Wildman–Crippen LogP) is 2.01. The van der Waals surface area contributed by atoms with Crippen LogP contribution >= 0.6 is 11.8 Å². The molecular formula is C13H26N2OS. The van der Waals surface area contributed by atoms with E-state index in [1.54, 1.807) is 0 Å². The minimum atomic E-state index is -0.0654. The Kier molecular flexibility index (Phi) is 5.80. The minimum absolute atomic E-state index is 0.00117. The zero-order valence-corrected chi connectivity index (χ0v) is 12.1. The van der Waals surface area contributed by atoms with Gasteiger partial charge in [-0.05, 0) is 35.7 Å². The second kappa shape index (κ2) is 6.64. The van der Waals surface area contributed by atoms with Gasteiger partial charge in [0.05, 0.1) is 0 Å². The van der Waals surface area contributed by atoms with Gasteiger partial charge >= 0.3 is 0 Å². The second-order valence-corrected chi connectivity index (χ2v) is 7.26. The van der Waals surface area contributed by atoms with Gasteiger partial charge in [-0.3, -0.25) is 4.79 Å². The minimum Gasteiger partial charge on any atom is -0.356 e. The number of carbonyl (C=O) groups is 1. The fraction of sp³-hybridized carbons (Fsp3) is 0.923. The molecule has 0 aromatic rings. The van der Waals surface area contributed by atoms with E-state index in [-0.39, 0.29) is 17.4 Å². The highest BCUT2D eigenvalue weighted by Gasteiger charge is 2.23. The maximum Gasteiger partial charge on any atom is 0.221 e. The number of hydrogen-bond acceptors (Lipinski definition) is 3. The van der Waals surface area contributed by atoms with E-state index in [0.717, 1.165) is 6.54 Å². The molecule has 1 aliphatic heterocycles. The van der Waals surface area contributed by atoms with Crippen molar-refractivity contribution in [2.45, 2.75) is 46.1 Å². The van der Waals surface area contributed by atoms with Gasteiger partial charge in [-0.15, -0.1) is 0 Å². The van der Waals surface area contributed by atoms with Crippen LogP contribution in [0.1, 0.15) is 40.0 Å². The fourth-order valence-electron chi connectivity index (χ4n) is 1.79. The average Bonchev–Trinajstić information content (AvgIpc) is 2.26. The van der Waals surface area contributed by atoms with Gasteiger partial charge in [-0.25, -0.2) is 0 Å². The molecule has 17 heavy (non-hydrogen) atoms. The normalized spacial score (nSPS) is 20.0. The quantitative estimate of drug-likeness (QED) is 0.811. The van der Waals surface area contributed by atoms with E-state index in [1.165, 1.54) is 24.3 Å². The Balaban J connectivity index is 2.20. The Hall–Kier alpha value is -0.220. The lowest BCUT2D eigenvalue weighted by molar-refractivity contribution is -0.122. The van der Waals surface area contributed by atoms with Crippen LogP contribution in [0, 0.1) is 11.3 Å². The van der Waals surface area contributed by atoms with Crippen LogP contribution in [0.25, 0.3) is 0 Å². The first-order valence-corrected chi connectivity index (χ1v) is 7.65. The van der Waals surface area contributed by atoms with E-state index in [9.17, 15) is 4.79 Å². The summed E-state index contributed by atoms with van der Waals surface area (Å²) in [5.74, 6) is 3.25. The van der Waals surface area contributed by atoms with E-state index < -0.39 is 0 Å². The summed E-state index contributed by atoms with van der Waals surface area (Å²) in [6.45, 7) is 7.05. The summed E-state index contributed by atoms with van der Waals surface area (Å²) < 4.78 is 0. The third-order valence-corrected chi connectivity index (χ3v) is 4.50. The summed E-state index contributed by atoms with van der Waals surface area (Å²) in [5.41, 5.74) is 6.00. The maximum absolute atomic E-state index is 11.7. The van der Waals surface area contributed by atoms with Gasteiger partial charge in [-0.2, -0.15) is 11.8 Å². The van der Waals surface area contributed by atoms with Crippen LogP contribution in [0.15, 0.2) is 0 Å². The fourth-order valence-corrected chi connectivity index (χ4v) is 2.99. The second-order valence-electron chi connectivity index (χ2n) is 6.04. The van der Waals surface area contributed by atoms with Gasteiger partial charge in [0.25, 0.3) is 0 Å². The SMILES string of the molecule is CC(C)(C)C(N)CC(=O)NCC1CCSCC1. The molecule has 1 amide bonds. The zero-order valence-electron chi connectivity index (χ0n) is 11.3. The summed E-state index contributed by atoms with van der Waals surface area (Å²) in [6, 6.07) is -0.0654. The molecule has 1 unspecified atom stereocenters. The van der Waals surface area contributed by atoms with E-state index in [0.29, 0.717) is 12.3 Å². The lowest BCUT2D eigenvalue weighted by Gasteiger charge is -2.27. The molecule has 100 valence electrons. The molecule has 0 aromatic heterocycles. The van der Waals surface area contributed by atoms with Gasteiger partial charge in [0.2, 0.25) is 5.91 Å². The molecule has 0 saturated carbocycles. The summed E-state index contributed by atoms with van der Waals surface area (Å²) in [4.78, 5) is 11.7. The lowest BCUT2D eigenvalue weighted by atomic mass is 9.85. The number of thioether (sulfide) groups is 1. The molecule has 1 atom stereocenters. The third kappa shape index (κ3) is 5.77. The largest absolute Gasteiger partial charge is 0.356 e. The first-order valence-electron chi connectivity index (χ1n) is 6.49. The van der Waals surface area contributed by atoms with Gasteiger partial charge < -0.3 is 11.1 Å². The zero-order chi connectivity index (χ0) is 12.9. The van der Waals surface area contributed by atoms with E-state index in [2.05, 4.69) is 26.1 Å². The van der Waals surface area contributed by atoms with Crippen molar-refractivity contribution >= 4 is 17.7 Å². The van der Waals surface area contributed by atoms with Gasteiger partial charge in [0.15, 0.2) is 0 Å².